The van der Waals surface area contributed by atoms with Gasteiger partial charge in [-0.25, -0.2) is 0 Å². The summed E-state index contributed by atoms with van der Waals surface area (Å²) in [5.74, 6) is 0.581. The zero-order chi connectivity index (χ0) is 21.8. The van der Waals surface area contributed by atoms with Crippen molar-refractivity contribution in [3.63, 3.8) is 0 Å². The third kappa shape index (κ3) is 5.27. The Morgan fingerprint density at radius 2 is 1.84 bits per heavy atom. The fourth-order valence-corrected chi connectivity index (χ4v) is 3.84. The number of aryl methyl sites for hydroxylation is 2. The van der Waals surface area contributed by atoms with Gasteiger partial charge in [-0.15, -0.1) is 0 Å². The van der Waals surface area contributed by atoms with E-state index in [0.29, 0.717) is 37.1 Å². The Labute approximate surface area is 187 Å². The maximum absolute atomic E-state index is 12.7. The predicted molar refractivity (Wildman–Crippen MR) is 119 cm³/mol. The molecule has 0 aliphatic carbocycles. The molecule has 1 aliphatic rings. The normalized spacial score (nSPS) is 13.2. The van der Waals surface area contributed by atoms with Gasteiger partial charge in [0.2, 0.25) is 0 Å². The highest BCUT2D eigenvalue weighted by Gasteiger charge is 2.26. The zero-order valence-electron chi connectivity index (χ0n) is 17.8. The summed E-state index contributed by atoms with van der Waals surface area (Å²) in [4.78, 5) is 14.5. The molecule has 0 bridgehead atoms. The highest BCUT2D eigenvalue weighted by Crippen LogP contribution is 2.23. The van der Waals surface area contributed by atoms with E-state index in [2.05, 4.69) is 36.3 Å². The Balaban J connectivity index is 1.35. The second-order valence-corrected chi connectivity index (χ2v) is 8.22. The molecule has 4 rings (SSSR count). The summed E-state index contributed by atoms with van der Waals surface area (Å²) in [5, 5.41) is 5.28. The lowest BCUT2D eigenvalue weighted by Crippen LogP contribution is -2.39. The number of carbonyl (C=O) groups is 1. The highest BCUT2D eigenvalue weighted by molar-refractivity contribution is 6.30. The van der Waals surface area contributed by atoms with E-state index in [1.54, 1.807) is 24.3 Å². The Bertz CT molecular complexity index is 1050. The van der Waals surface area contributed by atoms with Gasteiger partial charge < -0.3 is 14.4 Å². The first kappa shape index (κ1) is 21.4. The lowest BCUT2D eigenvalue weighted by molar-refractivity contribution is -0.134. The van der Waals surface area contributed by atoms with Crippen molar-refractivity contribution in [2.24, 2.45) is 7.05 Å². The fourth-order valence-electron chi connectivity index (χ4n) is 3.72. The van der Waals surface area contributed by atoms with Crippen LogP contribution in [0.2, 0.25) is 5.02 Å². The van der Waals surface area contributed by atoms with Crippen LogP contribution in [0.25, 0.3) is 0 Å². The summed E-state index contributed by atoms with van der Waals surface area (Å²) in [6, 6.07) is 15.3. The van der Waals surface area contributed by atoms with Crippen molar-refractivity contribution in [3.05, 3.63) is 81.6 Å². The van der Waals surface area contributed by atoms with Gasteiger partial charge in [-0.3, -0.25) is 9.48 Å². The van der Waals surface area contributed by atoms with Gasteiger partial charge in [-0.1, -0.05) is 41.4 Å². The van der Waals surface area contributed by atoms with E-state index in [4.69, 9.17) is 21.1 Å². The molecule has 162 valence electrons. The molecule has 0 unspecified atom stereocenters. The van der Waals surface area contributed by atoms with E-state index in [1.807, 2.05) is 16.6 Å². The number of amides is 1. The number of nitrogens with zero attached hydrogens (tertiary/aromatic N) is 3. The Morgan fingerprint density at radius 3 is 2.58 bits per heavy atom. The van der Waals surface area contributed by atoms with Crippen LogP contribution < -0.4 is 4.74 Å². The summed E-state index contributed by atoms with van der Waals surface area (Å²) in [7, 11) is 1.95. The van der Waals surface area contributed by atoms with Crippen LogP contribution in [0.1, 0.15) is 28.1 Å². The fraction of sp³-hybridized carbons (Fsp3) is 0.333. The molecular weight excluding hydrogens is 414 g/mol. The second-order valence-electron chi connectivity index (χ2n) is 7.78. The molecule has 0 fully saturated rings. The molecule has 0 spiro atoms. The third-order valence-corrected chi connectivity index (χ3v) is 5.73. The van der Waals surface area contributed by atoms with Crippen LogP contribution in [0.5, 0.6) is 5.75 Å². The maximum Gasteiger partial charge on any atom is 0.260 e. The van der Waals surface area contributed by atoms with Crippen LogP contribution in [-0.2, 0) is 42.8 Å². The molecule has 1 aromatic heterocycles. The first-order valence-corrected chi connectivity index (χ1v) is 10.7. The predicted octanol–water partition coefficient (Wildman–Crippen LogP) is 4.06. The standard InChI is InChI=1S/C24H26ClN3O3/c1-17-3-5-18(6-4-17)14-30-15-22-21-13-28(12-11-23(21)27(2)26-22)24(29)16-31-20-9-7-19(25)8-10-20/h3-10H,11-16H2,1-2H3. The minimum Gasteiger partial charge on any atom is -0.484 e. The van der Waals surface area contributed by atoms with E-state index in [9.17, 15) is 4.79 Å². The van der Waals surface area contributed by atoms with Gasteiger partial charge in [0, 0.05) is 42.8 Å². The van der Waals surface area contributed by atoms with Crippen LogP contribution in [0.15, 0.2) is 48.5 Å². The van der Waals surface area contributed by atoms with Gasteiger partial charge in [-0.2, -0.15) is 5.10 Å². The quantitative estimate of drug-likeness (QED) is 0.557. The van der Waals surface area contributed by atoms with Gasteiger partial charge in [-0.05, 0) is 36.8 Å². The number of halogens is 1. The van der Waals surface area contributed by atoms with Gasteiger partial charge in [0.15, 0.2) is 6.61 Å². The van der Waals surface area contributed by atoms with Crippen LogP contribution in [0.4, 0.5) is 0 Å². The van der Waals surface area contributed by atoms with Crippen LogP contribution in [-0.4, -0.2) is 33.7 Å². The summed E-state index contributed by atoms with van der Waals surface area (Å²) in [5.41, 5.74) is 5.49. The van der Waals surface area contributed by atoms with Crippen LogP contribution in [0, 0.1) is 6.92 Å². The molecule has 0 saturated heterocycles. The van der Waals surface area contributed by atoms with Crippen molar-refractivity contribution in [2.75, 3.05) is 13.2 Å². The summed E-state index contributed by atoms with van der Waals surface area (Å²) in [6.07, 6.45) is 0.767. The summed E-state index contributed by atoms with van der Waals surface area (Å²) < 4.78 is 13.5. The number of hydrogen-bond donors (Lipinski definition) is 0. The molecular formula is C24H26ClN3O3. The SMILES string of the molecule is Cc1ccc(COCc2nn(C)c3c2CN(C(=O)COc2ccc(Cl)cc2)CC3)cc1. The molecule has 0 N–H and O–H groups in total. The Kier molecular flexibility index (Phi) is 6.59. The number of fused-ring (bicyclic) bond motifs is 1. The van der Waals surface area contributed by atoms with E-state index in [-0.39, 0.29) is 12.5 Å². The highest BCUT2D eigenvalue weighted by atomic mass is 35.5. The summed E-state index contributed by atoms with van der Waals surface area (Å²) in [6.45, 7) is 4.19. The van der Waals surface area contributed by atoms with E-state index >= 15 is 0 Å². The number of benzene rings is 2. The molecule has 0 radical (unpaired) electrons. The number of aromatic nitrogens is 2. The number of hydrogen-bond acceptors (Lipinski definition) is 4. The van der Waals surface area contributed by atoms with Crippen molar-refractivity contribution in [1.82, 2.24) is 14.7 Å². The largest absolute Gasteiger partial charge is 0.484 e. The molecule has 0 saturated carbocycles. The number of carbonyl (C=O) groups excluding carboxylic acids is 1. The van der Waals surface area contributed by atoms with Crippen LogP contribution >= 0.6 is 11.6 Å². The molecule has 0 atom stereocenters. The summed E-state index contributed by atoms with van der Waals surface area (Å²) >= 11 is 5.89. The first-order valence-electron chi connectivity index (χ1n) is 10.3. The Hall–Kier alpha value is -2.83. The van der Waals surface area contributed by atoms with Crippen molar-refractivity contribution in [2.45, 2.75) is 33.1 Å². The molecule has 31 heavy (non-hydrogen) atoms. The monoisotopic (exact) mass is 439 g/mol. The average molecular weight is 440 g/mol. The molecule has 1 aliphatic heterocycles. The van der Waals surface area contributed by atoms with Crippen molar-refractivity contribution in [1.29, 1.82) is 0 Å². The first-order chi connectivity index (χ1) is 15.0. The second kappa shape index (κ2) is 9.54. The molecule has 6 nitrogen and oxygen atoms in total. The van der Waals surface area contributed by atoms with E-state index < -0.39 is 0 Å². The molecule has 7 heteroatoms. The number of ether oxygens (including phenoxy) is 2. The van der Waals surface area contributed by atoms with Crippen molar-refractivity contribution < 1.29 is 14.3 Å². The van der Waals surface area contributed by atoms with Crippen LogP contribution in [0.3, 0.4) is 0 Å². The Morgan fingerprint density at radius 1 is 1.10 bits per heavy atom. The van der Waals surface area contributed by atoms with Gasteiger partial charge >= 0.3 is 0 Å². The third-order valence-electron chi connectivity index (χ3n) is 5.48. The van der Waals surface area contributed by atoms with Gasteiger partial charge in [0.05, 0.1) is 18.9 Å². The number of rotatable bonds is 7. The molecule has 1 amide bonds. The van der Waals surface area contributed by atoms with E-state index in [0.717, 1.165) is 28.9 Å². The molecule has 2 aromatic carbocycles. The topological polar surface area (TPSA) is 56.6 Å². The lowest BCUT2D eigenvalue weighted by atomic mass is 10.1. The molecule has 3 aromatic rings. The van der Waals surface area contributed by atoms with Crippen molar-refractivity contribution >= 4 is 17.5 Å². The van der Waals surface area contributed by atoms with Gasteiger partial charge in [0.25, 0.3) is 5.91 Å². The van der Waals surface area contributed by atoms with E-state index in [1.165, 1.54) is 5.56 Å². The average Bonchev–Trinajstić information content (AvgIpc) is 3.09. The maximum atomic E-state index is 12.7. The zero-order valence-corrected chi connectivity index (χ0v) is 18.6. The molecule has 2 heterocycles. The lowest BCUT2D eigenvalue weighted by Gasteiger charge is -2.27. The minimum atomic E-state index is -0.0454. The minimum absolute atomic E-state index is 0.00349. The van der Waals surface area contributed by atoms with Gasteiger partial charge in [0.1, 0.15) is 5.75 Å². The van der Waals surface area contributed by atoms with Crippen molar-refractivity contribution in [3.8, 4) is 5.75 Å². The smallest absolute Gasteiger partial charge is 0.260 e.